The Labute approximate surface area is 206 Å². The van der Waals surface area contributed by atoms with E-state index in [4.69, 9.17) is 39.5 Å². The molecule has 0 fully saturated rings. The van der Waals surface area contributed by atoms with Gasteiger partial charge in [0, 0.05) is 27.1 Å². The van der Waals surface area contributed by atoms with Crippen molar-refractivity contribution in [1.82, 2.24) is 10.2 Å². The van der Waals surface area contributed by atoms with Crippen LogP contribution >= 0.6 is 50.7 Å². The van der Waals surface area contributed by atoms with Crippen molar-refractivity contribution < 1.29 is 14.3 Å². The molecule has 2 rings (SSSR count). The Bertz CT molecular complexity index is 942. The van der Waals surface area contributed by atoms with Crippen molar-refractivity contribution in [2.24, 2.45) is 0 Å². The van der Waals surface area contributed by atoms with Crippen LogP contribution in [0, 0.1) is 0 Å². The molecule has 0 bridgehead atoms. The first-order valence-electron chi connectivity index (χ1n) is 9.74. The lowest BCUT2D eigenvalue weighted by atomic mass is 10.1. The van der Waals surface area contributed by atoms with E-state index >= 15 is 0 Å². The molecule has 5 nitrogen and oxygen atoms in total. The second kappa shape index (κ2) is 12.0. The van der Waals surface area contributed by atoms with E-state index in [9.17, 15) is 9.59 Å². The fourth-order valence-corrected chi connectivity index (χ4v) is 3.89. The summed E-state index contributed by atoms with van der Waals surface area (Å²) in [5, 5.41) is 4.18. The van der Waals surface area contributed by atoms with E-state index in [1.807, 2.05) is 13.8 Å². The number of ether oxygens (including phenoxy) is 1. The van der Waals surface area contributed by atoms with E-state index < -0.39 is 6.04 Å². The normalized spacial score (nSPS) is 12.7. The van der Waals surface area contributed by atoms with Crippen molar-refractivity contribution in [3.05, 3.63) is 61.5 Å². The highest BCUT2D eigenvalue weighted by Crippen LogP contribution is 2.28. The number of benzene rings is 2. The summed E-state index contributed by atoms with van der Waals surface area (Å²) in [6.07, 6.45) is 0.778. The molecule has 0 saturated carbocycles. The van der Waals surface area contributed by atoms with Crippen molar-refractivity contribution in [2.45, 2.75) is 45.8 Å². The summed E-state index contributed by atoms with van der Waals surface area (Å²) in [7, 11) is 0. The maximum absolute atomic E-state index is 13.1. The second-order valence-corrected chi connectivity index (χ2v) is 9.28. The predicted molar refractivity (Wildman–Crippen MR) is 129 cm³/mol. The number of amides is 2. The van der Waals surface area contributed by atoms with Crippen LogP contribution in [0.4, 0.5) is 0 Å². The van der Waals surface area contributed by atoms with Gasteiger partial charge >= 0.3 is 0 Å². The van der Waals surface area contributed by atoms with E-state index in [0.29, 0.717) is 26.4 Å². The van der Waals surface area contributed by atoms with E-state index in [1.165, 1.54) is 4.90 Å². The van der Waals surface area contributed by atoms with Gasteiger partial charge in [0.15, 0.2) is 6.61 Å². The molecule has 0 radical (unpaired) electrons. The van der Waals surface area contributed by atoms with Gasteiger partial charge < -0.3 is 15.0 Å². The Morgan fingerprint density at radius 3 is 2.42 bits per heavy atom. The van der Waals surface area contributed by atoms with Gasteiger partial charge in [0.2, 0.25) is 5.91 Å². The van der Waals surface area contributed by atoms with E-state index in [2.05, 4.69) is 21.2 Å². The molecule has 1 N–H and O–H groups in total. The number of nitrogens with one attached hydrogen (secondary N) is 1. The molecule has 0 aliphatic heterocycles. The molecule has 168 valence electrons. The van der Waals surface area contributed by atoms with Gasteiger partial charge in [-0.15, -0.1) is 0 Å². The predicted octanol–water partition coefficient (Wildman–Crippen LogP) is 6.12. The van der Waals surface area contributed by atoms with Crippen LogP contribution in [0.3, 0.4) is 0 Å². The van der Waals surface area contributed by atoms with Gasteiger partial charge in [-0.3, -0.25) is 9.59 Å². The average Bonchev–Trinajstić information content (AvgIpc) is 2.71. The molecule has 0 spiro atoms. The van der Waals surface area contributed by atoms with E-state index in [-0.39, 0.29) is 31.0 Å². The van der Waals surface area contributed by atoms with Gasteiger partial charge in [0.25, 0.3) is 5.91 Å². The largest absolute Gasteiger partial charge is 0.482 e. The molecular formula is C22H24BrCl3N2O3. The fourth-order valence-electron chi connectivity index (χ4n) is 2.70. The molecule has 0 saturated heterocycles. The first-order valence-corrected chi connectivity index (χ1v) is 11.7. The summed E-state index contributed by atoms with van der Waals surface area (Å²) >= 11 is 21.8. The smallest absolute Gasteiger partial charge is 0.261 e. The van der Waals surface area contributed by atoms with Crippen molar-refractivity contribution in [2.75, 3.05) is 6.61 Å². The van der Waals surface area contributed by atoms with Gasteiger partial charge in [-0.2, -0.15) is 0 Å². The van der Waals surface area contributed by atoms with Crippen LogP contribution in [0.2, 0.25) is 15.1 Å². The van der Waals surface area contributed by atoms with Crippen LogP contribution in [0.5, 0.6) is 5.75 Å². The van der Waals surface area contributed by atoms with Crippen LogP contribution in [-0.2, 0) is 16.1 Å². The Morgan fingerprint density at radius 1 is 1.10 bits per heavy atom. The molecule has 2 atom stereocenters. The number of carbonyl (C=O) groups is 2. The topological polar surface area (TPSA) is 58.6 Å². The highest BCUT2D eigenvalue weighted by Gasteiger charge is 2.28. The number of rotatable bonds is 9. The van der Waals surface area contributed by atoms with Crippen molar-refractivity contribution in [3.63, 3.8) is 0 Å². The average molecular weight is 551 g/mol. The van der Waals surface area contributed by atoms with Crippen molar-refractivity contribution >= 4 is 62.5 Å². The first kappa shape index (κ1) is 25.8. The highest BCUT2D eigenvalue weighted by atomic mass is 79.9. The molecule has 2 amide bonds. The van der Waals surface area contributed by atoms with Crippen LogP contribution in [-0.4, -0.2) is 35.4 Å². The molecule has 2 aromatic rings. The van der Waals surface area contributed by atoms with Gasteiger partial charge in [0.1, 0.15) is 11.8 Å². The SMILES string of the molecule is CC[C@@H](C)NC(=O)[C@H](C)N(Cc1ccc(Cl)cc1Cl)C(=O)COc1ccc(Br)cc1Cl. The zero-order chi connectivity index (χ0) is 23.1. The lowest BCUT2D eigenvalue weighted by Crippen LogP contribution is -2.50. The Balaban J connectivity index is 2.22. The monoisotopic (exact) mass is 548 g/mol. The molecule has 0 aliphatic carbocycles. The summed E-state index contributed by atoms with van der Waals surface area (Å²) < 4.78 is 6.42. The Morgan fingerprint density at radius 2 is 1.81 bits per heavy atom. The van der Waals surface area contributed by atoms with Crippen LogP contribution in [0.15, 0.2) is 40.9 Å². The lowest BCUT2D eigenvalue weighted by molar-refractivity contribution is -0.142. The third-order valence-electron chi connectivity index (χ3n) is 4.77. The molecule has 9 heteroatoms. The van der Waals surface area contributed by atoms with Crippen LogP contribution < -0.4 is 10.1 Å². The standard InChI is InChI=1S/C22H24BrCl3N2O3/c1-4-13(2)27-22(30)14(3)28(11-15-5-7-17(24)10-18(15)25)21(29)12-31-20-8-6-16(23)9-19(20)26/h5-10,13-14H,4,11-12H2,1-3H3,(H,27,30)/t13-,14+/m1/s1. The van der Waals surface area contributed by atoms with E-state index in [0.717, 1.165) is 10.9 Å². The zero-order valence-electron chi connectivity index (χ0n) is 17.4. The van der Waals surface area contributed by atoms with Gasteiger partial charge in [0.05, 0.1) is 5.02 Å². The minimum Gasteiger partial charge on any atom is -0.482 e. The molecule has 0 aliphatic rings. The summed E-state index contributed by atoms with van der Waals surface area (Å²) in [5.41, 5.74) is 0.671. The van der Waals surface area contributed by atoms with E-state index in [1.54, 1.807) is 43.3 Å². The zero-order valence-corrected chi connectivity index (χ0v) is 21.3. The lowest BCUT2D eigenvalue weighted by Gasteiger charge is -2.30. The van der Waals surface area contributed by atoms with Crippen molar-refractivity contribution in [1.29, 1.82) is 0 Å². The van der Waals surface area contributed by atoms with Crippen LogP contribution in [0.1, 0.15) is 32.8 Å². The fraction of sp³-hybridized carbons (Fsp3) is 0.364. The molecule has 31 heavy (non-hydrogen) atoms. The number of hydrogen-bond donors (Lipinski definition) is 1. The van der Waals surface area contributed by atoms with Crippen LogP contribution in [0.25, 0.3) is 0 Å². The second-order valence-electron chi connectivity index (χ2n) is 7.11. The van der Waals surface area contributed by atoms with Gasteiger partial charge in [-0.25, -0.2) is 0 Å². The molecule has 0 heterocycles. The number of hydrogen-bond acceptors (Lipinski definition) is 3. The summed E-state index contributed by atoms with van der Waals surface area (Å²) in [5.74, 6) is -0.259. The first-order chi connectivity index (χ1) is 14.6. The minimum absolute atomic E-state index is 0.0103. The minimum atomic E-state index is -0.739. The van der Waals surface area contributed by atoms with Gasteiger partial charge in [-0.1, -0.05) is 63.7 Å². The summed E-state index contributed by atoms with van der Waals surface area (Å²) in [4.78, 5) is 27.2. The molecular weight excluding hydrogens is 527 g/mol. The summed E-state index contributed by atoms with van der Waals surface area (Å²) in [6.45, 7) is 5.40. The van der Waals surface area contributed by atoms with Gasteiger partial charge in [-0.05, 0) is 56.2 Å². The number of halogens is 4. The molecule has 0 unspecified atom stereocenters. The molecule has 0 aromatic heterocycles. The quantitative estimate of drug-likeness (QED) is 0.409. The third-order valence-corrected chi connectivity index (χ3v) is 6.14. The highest BCUT2D eigenvalue weighted by molar-refractivity contribution is 9.10. The maximum Gasteiger partial charge on any atom is 0.261 e. The third kappa shape index (κ3) is 7.56. The number of nitrogens with zero attached hydrogens (tertiary/aromatic N) is 1. The van der Waals surface area contributed by atoms with Crippen molar-refractivity contribution in [3.8, 4) is 5.75 Å². The Kier molecular flexibility index (Phi) is 9.94. The summed E-state index contributed by atoms with van der Waals surface area (Å²) in [6, 6.07) is 9.38. The molecule has 2 aromatic carbocycles. The number of carbonyl (C=O) groups excluding carboxylic acids is 2. The Hall–Kier alpha value is -1.47. The maximum atomic E-state index is 13.1.